The molecule has 0 radical (unpaired) electrons. The van der Waals surface area contributed by atoms with Crippen molar-refractivity contribution in [3.8, 4) is 0 Å². The Kier molecular flexibility index (Phi) is 6.45. The second-order valence-electron chi connectivity index (χ2n) is 7.36. The number of hydrogen-bond acceptors (Lipinski definition) is 4. The average molecular weight is 346 g/mol. The Morgan fingerprint density at radius 3 is 3.12 bits per heavy atom. The SMILES string of the molecule is COCCNC(=O)C[C@@H]1OC[C@H]2CN(Cc3cccc(C)c3)CC[C@H]21. The summed E-state index contributed by atoms with van der Waals surface area (Å²) in [6.45, 7) is 7.21. The first kappa shape index (κ1) is 18.4. The van der Waals surface area contributed by atoms with E-state index in [1.54, 1.807) is 7.11 Å². The van der Waals surface area contributed by atoms with Crippen LogP contribution in [0.2, 0.25) is 0 Å². The van der Waals surface area contributed by atoms with Gasteiger partial charge in [0.1, 0.15) is 0 Å². The van der Waals surface area contributed by atoms with Gasteiger partial charge in [-0.3, -0.25) is 9.69 Å². The zero-order chi connectivity index (χ0) is 17.6. The summed E-state index contributed by atoms with van der Waals surface area (Å²) in [6, 6.07) is 8.75. The third kappa shape index (κ3) is 5.03. The van der Waals surface area contributed by atoms with Crippen molar-refractivity contribution in [3.63, 3.8) is 0 Å². The molecule has 0 aromatic heterocycles. The summed E-state index contributed by atoms with van der Waals surface area (Å²) in [4.78, 5) is 14.6. The topological polar surface area (TPSA) is 50.8 Å². The van der Waals surface area contributed by atoms with Crippen LogP contribution in [0.4, 0.5) is 0 Å². The fourth-order valence-electron chi connectivity index (χ4n) is 4.13. The van der Waals surface area contributed by atoms with Crippen molar-refractivity contribution < 1.29 is 14.3 Å². The number of nitrogens with one attached hydrogen (secondary N) is 1. The number of methoxy groups -OCH3 is 1. The van der Waals surface area contributed by atoms with E-state index in [4.69, 9.17) is 9.47 Å². The van der Waals surface area contributed by atoms with E-state index in [1.807, 2.05) is 0 Å². The standard InChI is InChI=1S/C20H30N2O3/c1-15-4-3-5-16(10-15)12-22-8-6-18-17(13-22)14-25-19(18)11-20(23)21-7-9-24-2/h3-5,10,17-19H,6-9,11-14H2,1-2H3,(H,21,23)/t17-,18-,19+/m1/s1. The van der Waals surface area contributed by atoms with Crippen LogP contribution < -0.4 is 5.32 Å². The van der Waals surface area contributed by atoms with Gasteiger partial charge in [-0.1, -0.05) is 29.8 Å². The van der Waals surface area contributed by atoms with Gasteiger partial charge in [0.2, 0.25) is 5.91 Å². The van der Waals surface area contributed by atoms with E-state index < -0.39 is 0 Å². The van der Waals surface area contributed by atoms with Crippen LogP contribution in [0.15, 0.2) is 24.3 Å². The minimum Gasteiger partial charge on any atom is -0.383 e. The molecule has 5 nitrogen and oxygen atoms in total. The number of fused-ring (bicyclic) bond motifs is 1. The van der Waals surface area contributed by atoms with Crippen molar-refractivity contribution in [2.75, 3.05) is 40.0 Å². The Morgan fingerprint density at radius 2 is 2.32 bits per heavy atom. The van der Waals surface area contributed by atoms with Crippen LogP contribution in [0.25, 0.3) is 0 Å². The van der Waals surface area contributed by atoms with Crippen molar-refractivity contribution in [2.24, 2.45) is 11.8 Å². The number of aryl methyl sites for hydroxylation is 1. The third-order valence-electron chi connectivity index (χ3n) is 5.38. The number of benzene rings is 1. The fourth-order valence-corrected chi connectivity index (χ4v) is 4.13. The van der Waals surface area contributed by atoms with E-state index in [0.717, 1.165) is 32.7 Å². The number of likely N-dealkylation sites (tertiary alicyclic amines) is 1. The minimum absolute atomic E-state index is 0.0740. The minimum atomic E-state index is 0.0740. The maximum atomic E-state index is 12.0. The number of ether oxygens (including phenoxy) is 2. The molecule has 0 unspecified atom stereocenters. The Bertz CT molecular complexity index is 578. The van der Waals surface area contributed by atoms with Gasteiger partial charge in [-0.25, -0.2) is 0 Å². The molecule has 1 aromatic rings. The maximum Gasteiger partial charge on any atom is 0.222 e. The third-order valence-corrected chi connectivity index (χ3v) is 5.38. The molecular formula is C20H30N2O3. The lowest BCUT2D eigenvalue weighted by Crippen LogP contribution is -2.42. The normalized spacial score (nSPS) is 26.4. The van der Waals surface area contributed by atoms with Gasteiger partial charge in [0.15, 0.2) is 0 Å². The number of carbonyl (C=O) groups is 1. The molecule has 1 N–H and O–H groups in total. The van der Waals surface area contributed by atoms with Gasteiger partial charge in [0.25, 0.3) is 0 Å². The summed E-state index contributed by atoms with van der Waals surface area (Å²) >= 11 is 0. The predicted molar refractivity (Wildman–Crippen MR) is 97.3 cm³/mol. The number of nitrogens with zero attached hydrogens (tertiary/aromatic N) is 1. The van der Waals surface area contributed by atoms with Crippen LogP contribution in [0.5, 0.6) is 0 Å². The molecule has 25 heavy (non-hydrogen) atoms. The van der Waals surface area contributed by atoms with Gasteiger partial charge in [-0.15, -0.1) is 0 Å². The second-order valence-corrected chi connectivity index (χ2v) is 7.36. The van der Waals surface area contributed by atoms with Crippen LogP contribution in [-0.2, 0) is 20.8 Å². The van der Waals surface area contributed by atoms with Crippen LogP contribution in [0.3, 0.4) is 0 Å². The number of hydrogen-bond donors (Lipinski definition) is 1. The van der Waals surface area contributed by atoms with Crippen LogP contribution >= 0.6 is 0 Å². The van der Waals surface area contributed by atoms with Crippen molar-refractivity contribution in [1.29, 1.82) is 0 Å². The van der Waals surface area contributed by atoms with E-state index in [0.29, 0.717) is 31.4 Å². The number of piperidine rings is 1. The van der Waals surface area contributed by atoms with Gasteiger partial charge >= 0.3 is 0 Å². The van der Waals surface area contributed by atoms with Gasteiger partial charge < -0.3 is 14.8 Å². The van der Waals surface area contributed by atoms with Gasteiger partial charge in [-0.2, -0.15) is 0 Å². The Balaban J connectivity index is 1.47. The molecule has 0 bridgehead atoms. The number of carbonyl (C=O) groups excluding carboxylic acids is 1. The summed E-state index contributed by atoms with van der Waals surface area (Å²) < 4.78 is 10.9. The molecule has 1 aromatic carbocycles. The van der Waals surface area contributed by atoms with Gasteiger partial charge in [0.05, 0.1) is 25.7 Å². The molecule has 3 atom stereocenters. The highest BCUT2D eigenvalue weighted by atomic mass is 16.5. The smallest absolute Gasteiger partial charge is 0.222 e. The first-order valence-corrected chi connectivity index (χ1v) is 9.31. The summed E-state index contributed by atoms with van der Waals surface area (Å²) in [5, 5.41) is 2.90. The molecule has 3 rings (SSSR count). The van der Waals surface area contributed by atoms with Gasteiger partial charge in [0, 0.05) is 32.7 Å². The largest absolute Gasteiger partial charge is 0.383 e. The van der Waals surface area contributed by atoms with E-state index >= 15 is 0 Å². The van der Waals surface area contributed by atoms with E-state index in [-0.39, 0.29) is 12.0 Å². The molecule has 0 aliphatic carbocycles. The first-order chi connectivity index (χ1) is 12.2. The van der Waals surface area contributed by atoms with Gasteiger partial charge in [-0.05, 0) is 31.4 Å². The van der Waals surface area contributed by atoms with Crippen LogP contribution in [0.1, 0.15) is 24.0 Å². The molecule has 2 saturated heterocycles. The van der Waals surface area contributed by atoms with E-state index in [9.17, 15) is 4.79 Å². The molecule has 2 aliphatic rings. The highest BCUT2D eigenvalue weighted by Crippen LogP contribution is 2.36. The molecule has 2 aliphatic heterocycles. The van der Waals surface area contributed by atoms with Crippen LogP contribution in [-0.4, -0.2) is 56.9 Å². The monoisotopic (exact) mass is 346 g/mol. The predicted octanol–water partition coefficient (Wildman–Crippen LogP) is 1.98. The number of amides is 1. The summed E-state index contributed by atoms with van der Waals surface area (Å²) in [5.41, 5.74) is 2.70. The Hall–Kier alpha value is -1.43. The van der Waals surface area contributed by atoms with Crippen molar-refractivity contribution in [3.05, 3.63) is 35.4 Å². The highest BCUT2D eigenvalue weighted by Gasteiger charge is 2.41. The molecule has 1 amide bonds. The number of rotatable bonds is 7. The lowest BCUT2D eigenvalue weighted by molar-refractivity contribution is -0.124. The highest BCUT2D eigenvalue weighted by molar-refractivity contribution is 5.76. The quantitative estimate of drug-likeness (QED) is 0.767. The molecule has 2 fully saturated rings. The Morgan fingerprint density at radius 1 is 1.44 bits per heavy atom. The molecule has 0 saturated carbocycles. The second kappa shape index (κ2) is 8.79. The van der Waals surface area contributed by atoms with Crippen molar-refractivity contribution in [2.45, 2.75) is 32.4 Å². The molecular weight excluding hydrogens is 316 g/mol. The first-order valence-electron chi connectivity index (χ1n) is 9.31. The average Bonchev–Trinajstić information content (AvgIpc) is 2.97. The van der Waals surface area contributed by atoms with E-state index in [2.05, 4.69) is 41.4 Å². The summed E-state index contributed by atoms with van der Waals surface area (Å²) in [5.74, 6) is 1.14. The molecule has 2 heterocycles. The lowest BCUT2D eigenvalue weighted by Gasteiger charge is -2.35. The Labute approximate surface area is 150 Å². The van der Waals surface area contributed by atoms with Crippen LogP contribution in [0, 0.1) is 18.8 Å². The van der Waals surface area contributed by atoms with Crippen molar-refractivity contribution in [1.82, 2.24) is 10.2 Å². The lowest BCUT2D eigenvalue weighted by atomic mass is 9.83. The summed E-state index contributed by atoms with van der Waals surface area (Å²) in [6.07, 6.45) is 1.67. The zero-order valence-corrected chi connectivity index (χ0v) is 15.4. The van der Waals surface area contributed by atoms with Crippen molar-refractivity contribution >= 4 is 5.91 Å². The molecule has 5 heteroatoms. The molecule has 138 valence electrons. The summed E-state index contributed by atoms with van der Waals surface area (Å²) in [7, 11) is 1.64. The fraction of sp³-hybridized carbons (Fsp3) is 0.650. The zero-order valence-electron chi connectivity index (χ0n) is 15.4. The molecule has 0 spiro atoms. The van der Waals surface area contributed by atoms with E-state index in [1.165, 1.54) is 11.1 Å². The maximum absolute atomic E-state index is 12.0.